The number of hydrogen-bond acceptors (Lipinski definition) is 7. The highest BCUT2D eigenvalue weighted by Crippen LogP contribution is 2.34. The van der Waals surface area contributed by atoms with E-state index in [0.29, 0.717) is 61.6 Å². The summed E-state index contributed by atoms with van der Waals surface area (Å²) in [7, 11) is -3.48. The van der Waals surface area contributed by atoms with Gasteiger partial charge in [-0.2, -0.15) is 5.10 Å². The molecule has 14 heteroatoms. The Bertz CT molecular complexity index is 2180. The Kier molecular flexibility index (Phi) is 7.39. The monoisotopic (exact) mass is 616 g/mol. The van der Waals surface area contributed by atoms with Crippen LogP contribution >= 0.6 is 0 Å². The molecule has 0 aliphatic heterocycles. The van der Waals surface area contributed by atoms with E-state index < -0.39 is 21.7 Å². The fraction of sp³-hybridized carbons (Fsp3) is 0.167. The number of aromatic amines is 2. The number of amides is 1. The van der Waals surface area contributed by atoms with Crippen molar-refractivity contribution in [2.24, 2.45) is 5.92 Å². The molecule has 4 N–H and O–H groups in total. The molecule has 2 aromatic carbocycles. The van der Waals surface area contributed by atoms with Crippen molar-refractivity contribution in [3.8, 4) is 33.9 Å². The van der Waals surface area contributed by atoms with Crippen LogP contribution in [0.4, 0.5) is 14.5 Å². The molecular formula is C30H26F2N8O3S. The number of nitrogens with zero attached hydrogens (tertiary/aromatic N) is 4. The summed E-state index contributed by atoms with van der Waals surface area (Å²) in [6, 6.07) is 10.7. The number of sulfonamides is 1. The summed E-state index contributed by atoms with van der Waals surface area (Å²) < 4.78 is 55.3. The summed E-state index contributed by atoms with van der Waals surface area (Å²) in [5, 5.41) is 10.3. The second-order valence-electron chi connectivity index (χ2n) is 10.6. The van der Waals surface area contributed by atoms with Gasteiger partial charge in [0.05, 0.1) is 29.4 Å². The molecule has 11 nitrogen and oxygen atoms in total. The van der Waals surface area contributed by atoms with Gasteiger partial charge in [0, 0.05) is 41.4 Å². The summed E-state index contributed by atoms with van der Waals surface area (Å²) in [4.78, 5) is 28.7. The zero-order chi connectivity index (χ0) is 31.2. The number of halogens is 2. The Morgan fingerprint density at radius 2 is 1.82 bits per heavy atom. The van der Waals surface area contributed by atoms with Crippen LogP contribution in [0.1, 0.15) is 19.4 Å². The molecule has 4 heterocycles. The minimum absolute atomic E-state index is 0.0962. The number of carbonyl (C=O) groups excluding carboxylic acids is 1. The normalized spacial score (nSPS) is 12.0. The number of anilines is 1. The fourth-order valence-electron chi connectivity index (χ4n) is 4.74. The molecule has 6 rings (SSSR count). The third-order valence-corrected chi connectivity index (χ3v) is 7.55. The highest BCUT2D eigenvalue weighted by atomic mass is 32.2. The van der Waals surface area contributed by atoms with Crippen LogP contribution in [0.3, 0.4) is 0 Å². The number of pyridine rings is 2. The summed E-state index contributed by atoms with van der Waals surface area (Å²) in [5.41, 5.74) is 4.27. The Balaban J connectivity index is 1.40. The van der Waals surface area contributed by atoms with Gasteiger partial charge in [0.15, 0.2) is 5.82 Å². The highest BCUT2D eigenvalue weighted by Gasteiger charge is 2.19. The van der Waals surface area contributed by atoms with Crippen molar-refractivity contribution in [1.29, 1.82) is 0 Å². The number of hydrogen-bond donors (Lipinski definition) is 4. The second-order valence-corrected chi connectivity index (χ2v) is 12.5. The van der Waals surface area contributed by atoms with Crippen LogP contribution in [0, 0.1) is 17.6 Å². The van der Waals surface area contributed by atoms with Crippen LogP contribution in [0.2, 0.25) is 0 Å². The predicted molar refractivity (Wildman–Crippen MR) is 163 cm³/mol. The van der Waals surface area contributed by atoms with Crippen molar-refractivity contribution in [1.82, 2.24) is 34.9 Å². The SMILES string of the molecule is CC(C)C(=O)Nc1cncc(-c2cc(F)c3[nH]nc(-c4nc5c(-c6cc(F)cc(CNS(C)(=O)=O)c6)nccc5[nH]4)c3c2)c1. The third kappa shape index (κ3) is 5.89. The Morgan fingerprint density at radius 3 is 2.59 bits per heavy atom. The number of aromatic nitrogens is 6. The van der Waals surface area contributed by atoms with Crippen LogP contribution < -0.4 is 10.0 Å². The number of fused-ring (bicyclic) bond motifs is 2. The smallest absolute Gasteiger partial charge is 0.226 e. The lowest BCUT2D eigenvalue weighted by molar-refractivity contribution is -0.118. The molecule has 44 heavy (non-hydrogen) atoms. The van der Waals surface area contributed by atoms with E-state index in [1.807, 2.05) is 0 Å². The van der Waals surface area contributed by atoms with Gasteiger partial charge in [-0.1, -0.05) is 13.8 Å². The minimum atomic E-state index is -3.48. The maximum absolute atomic E-state index is 15.3. The van der Waals surface area contributed by atoms with E-state index in [9.17, 15) is 17.6 Å². The molecule has 224 valence electrons. The summed E-state index contributed by atoms with van der Waals surface area (Å²) in [6.45, 7) is 3.46. The van der Waals surface area contributed by atoms with Gasteiger partial charge in [0.2, 0.25) is 15.9 Å². The Hall–Kier alpha value is -5.08. The number of rotatable bonds is 8. The van der Waals surface area contributed by atoms with E-state index in [1.54, 1.807) is 44.3 Å². The maximum atomic E-state index is 15.3. The summed E-state index contributed by atoms with van der Waals surface area (Å²) >= 11 is 0. The molecule has 4 aromatic heterocycles. The largest absolute Gasteiger partial charge is 0.336 e. The summed E-state index contributed by atoms with van der Waals surface area (Å²) in [5.74, 6) is -1.17. The van der Waals surface area contributed by atoms with Gasteiger partial charge in [-0.15, -0.1) is 0 Å². The number of imidazole rings is 1. The van der Waals surface area contributed by atoms with E-state index >= 15 is 4.39 Å². The van der Waals surface area contributed by atoms with Crippen LogP contribution in [0.5, 0.6) is 0 Å². The molecule has 0 aliphatic rings. The average molecular weight is 617 g/mol. The molecule has 0 spiro atoms. The fourth-order valence-corrected chi connectivity index (χ4v) is 5.17. The average Bonchev–Trinajstić information content (AvgIpc) is 3.60. The van der Waals surface area contributed by atoms with Gasteiger partial charge in [0.25, 0.3) is 0 Å². The van der Waals surface area contributed by atoms with Crippen molar-refractivity contribution >= 4 is 43.6 Å². The third-order valence-electron chi connectivity index (χ3n) is 6.88. The lowest BCUT2D eigenvalue weighted by Gasteiger charge is -2.09. The van der Waals surface area contributed by atoms with Gasteiger partial charge >= 0.3 is 0 Å². The van der Waals surface area contributed by atoms with Crippen LogP contribution in [0.25, 0.3) is 55.8 Å². The standard InChI is InChI=1S/C30H26F2N8O3S/c1-15(2)30(41)36-21-9-19(13-33-14-21)17-10-22-26(23(32)11-17)39-40-27(22)29-37-24-4-5-34-25(28(24)38-29)18-6-16(7-20(31)8-18)12-35-44(3,42)43/h4-11,13-15,35H,12H2,1-3H3,(H,36,41)(H,37,38)(H,39,40). The molecule has 0 aliphatic carbocycles. The topological polar surface area (TPSA) is 158 Å². The van der Waals surface area contributed by atoms with E-state index in [1.165, 1.54) is 30.6 Å². The zero-order valence-electron chi connectivity index (χ0n) is 23.7. The van der Waals surface area contributed by atoms with Crippen LogP contribution in [0.15, 0.2) is 61.1 Å². The second kappa shape index (κ2) is 11.2. The van der Waals surface area contributed by atoms with E-state index in [-0.39, 0.29) is 23.9 Å². The minimum Gasteiger partial charge on any atom is -0.336 e. The Labute approximate surface area is 250 Å². The van der Waals surface area contributed by atoms with E-state index in [0.717, 1.165) is 6.26 Å². The van der Waals surface area contributed by atoms with Crippen molar-refractivity contribution in [2.75, 3.05) is 11.6 Å². The zero-order valence-corrected chi connectivity index (χ0v) is 24.6. The molecule has 0 atom stereocenters. The number of benzene rings is 2. The highest BCUT2D eigenvalue weighted by molar-refractivity contribution is 7.88. The molecule has 0 unspecified atom stereocenters. The molecular weight excluding hydrogens is 590 g/mol. The summed E-state index contributed by atoms with van der Waals surface area (Å²) in [6.07, 6.45) is 5.65. The Morgan fingerprint density at radius 1 is 1.00 bits per heavy atom. The van der Waals surface area contributed by atoms with Gasteiger partial charge in [-0.25, -0.2) is 26.9 Å². The van der Waals surface area contributed by atoms with Crippen molar-refractivity contribution in [2.45, 2.75) is 20.4 Å². The van der Waals surface area contributed by atoms with Crippen molar-refractivity contribution in [3.05, 3.63) is 78.3 Å². The molecule has 0 radical (unpaired) electrons. The number of nitrogens with one attached hydrogen (secondary N) is 4. The first kappa shape index (κ1) is 29.0. The molecule has 0 fully saturated rings. The first-order valence-corrected chi connectivity index (χ1v) is 15.4. The quantitative estimate of drug-likeness (QED) is 0.184. The van der Waals surface area contributed by atoms with Crippen LogP contribution in [-0.2, 0) is 21.4 Å². The lowest BCUT2D eigenvalue weighted by atomic mass is 10.0. The molecule has 0 saturated heterocycles. The van der Waals surface area contributed by atoms with Gasteiger partial charge in [-0.05, 0) is 53.6 Å². The van der Waals surface area contributed by atoms with Crippen LogP contribution in [-0.4, -0.2) is 50.7 Å². The predicted octanol–water partition coefficient (Wildman–Crippen LogP) is 5.15. The van der Waals surface area contributed by atoms with Gasteiger partial charge in [0.1, 0.15) is 28.4 Å². The van der Waals surface area contributed by atoms with Crippen molar-refractivity contribution in [3.63, 3.8) is 0 Å². The first-order chi connectivity index (χ1) is 20.9. The van der Waals surface area contributed by atoms with Gasteiger partial charge in [-0.3, -0.25) is 19.9 Å². The molecule has 6 aromatic rings. The van der Waals surface area contributed by atoms with E-state index in [4.69, 9.17) is 4.98 Å². The lowest BCUT2D eigenvalue weighted by Crippen LogP contribution is -2.21. The molecule has 1 amide bonds. The van der Waals surface area contributed by atoms with Crippen molar-refractivity contribution < 1.29 is 22.0 Å². The molecule has 0 saturated carbocycles. The maximum Gasteiger partial charge on any atom is 0.226 e. The molecule has 0 bridgehead atoms. The first-order valence-electron chi connectivity index (χ1n) is 13.5. The van der Waals surface area contributed by atoms with E-state index in [2.05, 4.69) is 35.2 Å². The number of carbonyl (C=O) groups is 1. The number of H-pyrrole nitrogens is 2. The van der Waals surface area contributed by atoms with Gasteiger partial charge < -0.3 is 10.3 Å².